The number of benzene rings is 1. The number of anilines is 1. The standard InChI is InChI=1S/C15H22F2N2/c1-9(2)14-8-19(11(4)7-18-14)15-6-12(16)10(3)5-13(15)17/h5-6,9,11,14,18H,7-8H2,1-4H3. The molecule has 1 fully saturated rings. The zero-order valence-corrected chi connectivity index (χ0v) is 12.0. The van der Waals surface area contributed by atoms with E-state index in [1.807, 2.05) is 11.8 Å². The first kappa shape index (κ1) is 14.3. The Bertz CT molecular complexity index is 460. The van der Waals surface area contributed by atoms with Crippen molar-refractivity contribution in [2.75, 3.05) is 18.0 Å². The van der Waals surface area contributed by atoms with Crippen LogP contribution < -0.4 is 10.2 Å². The summed E-state index contributed by atoms with van der Waals surface area (Å²) < 4.78 is 27.8. The third-order valence-electron chi connectivity index (χ3n) is 3.94. The number of aryl methyl sites for hydroxylation is 1. The van der Waals surface area contributed by atoms with E-state index in [0.717, 1.165) is 6.54 Å². The van der Waals surface area contributed by atoms with Crippen LogP contribution in [0.2, 0.25) is 0 Å². The van der Waals surface area contributed by atoms with E-state index >= 15 is 0 Å². The van der Waals surface area contributed by atoms with Gasteiger partial charge in [-0.15, -0.1) is 0 Å². The molecular formula is C15H22F2N2. The monoisotopic (exact) mass is 268 g/mol. The van der Waals surface area contributed by atoms with E-state index in [4.69, 9.17) is 0 Å². The zero-order valence-electron chi connectivity index (χ0n) is 12.0. The van der Waals surface area contributed by atoms with Gasteiger partial charge < -0.3 is 10.2 Å². The molecule has 2 rings (SSSR count). The lowest BCUT2D eigenvalue weighted by molar-refractivity contribution is 0.334. The number of rotatable bonds is 2. The van der Waals surface area contributed by atoms with Crippen molar-refractivity contribution in [3.63, 3.8) is 0 Å². The Hall–Kier alpha value is -1.16. The van der Waals surface area contributed by atoms with Gasteiger partial charge in [-0.2, -0.15) is 0 Å². The summed E-state index contributed by atoms with van der Waals surface area (Å²) in [5, 5.41) is 3.46. The van der Waals surface area contributed by atoms with E-state index in [2.05, 4.69) is 19.2 Å². The van der Waals surface area contributed by atoms with Crippen LogP contribution in [0.1, 0.15) is 26.3 Å². The van der Waals surface area contributed by atoms with Crippen molar-refractivity contribution in [3.8, 4) is 0 Å². The number of nitrogens with one attached hydrogen (secondary N) is 1. The molecule has 19 heavy (non-hydrogen) atoms. The van der Waals surface area contributed by atoms with Crippen LogP contribution in [0.15, 0.2) is 12.1 Å². The second-order valence-electron chi connectivity index (χ2n) is 5.81. The van der Waals surface area contributed by atoms with E-state index < -0.39 is 0 Å². The zero-order chi connectivity index (χ0) is 14.2. The predicted octanol–water partition coefficient (Wildman–Crippen LogP) is 3.10. The number of halogens is 2. The first-order valence-corrected chi connectivity index (χ1v) is 6.85. The Kier molecular flexibility index (Phi) is 4.09. The molecule has 0 aliphatic carbocycles. The van der Waals surface area contributed by atoms with Gasteiger partial charge in [0, 0.05) is 31.2 Å². The molecule has 0 saturated carbocycles. The third-order valence-corrected chi connectivity index (χ3v) is 3.94. The van der Waals surface area contributed by atoms with Crippen LogP contribution in [0.25, 0.3) is 0 Å². The highest BCUT2D eigenvalue weighted by Gasteiger charge is 2.28. The summed E-state index contributed by atoms with van der Waals surface area (Å²) in [6, 6.07) is 3.07. The topological polar surface area (TPSA) is 15.3 Å². The Labute approximate surface area is 113 Å². The van der Waals surface area contributed by atoms with Crippen molar-refractivity contribution in [2.45, 2.75) is 39.8 Å². The molecule has 1 aromatic rings. The van der Waals surface area contributed by atoms with Crippen molar-refractivity contribution in [1.29, 1.82) is 0 Å². The average molecular weight is 268 g/mol. The average Bonchev–Trinajstić information content (AvgIpc) is 2.34. The van der Waals surface area contributed by atoms with Gasteiger partial charge in [0.25, 0.3) is 0 Å². The molecule has 1 aromatic carbocycles. The lowest BCUT2D eigenvalue weighted by Crippen LogP contribution is -2.57. The fourth-order valence-corrected chi connectivity index (χ4v) is 2.53. The molecule has 2 atom stereocenters. The van der Waals surface area contributed by atoms with Crippen LogP contribution in [0.5, 0.6) is 0 Å². The van der Waals surface area contributed by atoms with Crippen molar-refractivity contribution >= 4 is 5.69 Å². The molecule has 1 saturated heterocycles. The summed E-state index contributed by atoms with van der Waals surface area (Å²) in [5.41, 5.74) is 0.729. The van der Waals surface area contributed by atoms with Gasteiger partial charge in [0.05, 0.1) is 5.69 Å². The highest BCUT2D eigenvalue weighted by molar-refractivity contribution is 5.51. The minimum Gasteiger partial charge on any atom is -0.364 e. The first-order chi connectivity index (χ1) is 8.90. The van der Waals surface area contributed by atoms with Crippen LogP contribution in [-0.4, -0.2) is 25.2 Å². The van der Waals surface area contributed by atoms with E-state index in [9.17, 15) is 8.78 Å². The van der Waals surface area contributed by atoms with Gasteiger partial charge in [-0.25, -0.2) is 8.78 Å². The molecule has 1 heterocycles. The summed E-state index contributed by atoms with van der Waals surface area (Å²) in [7, 11) is 0. The van der Waals surface area contributed by atoms with Crippen LogP contribution in [0.3, 0.4) is 0 Å². The SMILES string of the molecule is Cc1cc(F)c(N2CC(C(C)C)NCC2C)cc1F. The maximum Gasteiger partial charge on any atom is 0.146 e. The highest BCUT2D eigenvalue weighted by atomic mass is 19.1. The van der Waals surface area contributed by atoms with E-state index in [-0.39, 0.29) is 17.7 Å². The molecule has 0 amide bonds. The van der Waals surface area contributed by atoms with Crippen LogP contribution in [-0.2, 0) is 0 Å². The fourth-order valence-electron chi connectivity index (χ4n) is 2.53. The Balaban J connectivity index is 2.31. The maximum absolute atomic E-state index is 14.1. The van der Waals surface area contributed by atoms with E-state index in [0.29, 0.717) is 29.8 Å². The maximum atomic E-state index is 14.1. The summed E-state index contributed by atoms with van der Waals surface area (Å²) in [6.07, 6.45) is 0. The van der Waals surface area contributed by atoms with Gasteiger partial charge in [-0.05, 0) is 31.4 Å². The largest absolute Gasteiger partial charge is 0.364 e. The Morgan fingerprint density at radius 2 is 1.95 bits per heavy atom. The smallest absolute Gasteiger partial charge is 0.146 e. The van der Waals surface area contributed by atoms with Crippen molar-refractivity contribution < 1.29 is 8.78 Å². The number of nitrogens with zero attached hydrogens (tertiary/aromatic N) is 1. The van der Waals surface area contributed by atoms with Crippen molar-refractivity contribution in [1.82, 2.24) is 5.32 Å². The summed E-state index contributed by atoms with van der Waals surface area (Å²) in [6.45, 7) is 9.38. The first-order valence-electron chi connectivity index (χ1n) is 6.85. The molecule has 0 spiro atoms. The number of hydrogen-bond acceptors (Lipinski definition) is 2. The van der Waals surface area contributed by atoms with E-state index in [1.54, 1.807) is 6.92 Å². The second-order valence-corrected chi connectivity index (χ2v) is 5.81. The molecule has 0 bridgehead atoms. The summed E-state index contributed by atoms with van der Waals surface area (Å²) >= 11 is 0. The third kappa shape index (κ3) is 2.89. The Morgan fingerprint density at radius 3 is 2.58 bits per heavy atom. The number of hydrogen-bond donors (Lipinski definition) is 1. The molecule has 1 N–H and O–H groups in total. The molecule has 1 aliphatic heterocycles. The van der Waals surface area contributed by atoms with Gasteiger partial charge in [0.15, 0.2) is 0 Å². The molecule has 0 aromatic heterocycles. The van der Waals surface area contributed by atoms with Crippen LogP contribution >= 0.6 is 0 Å². The van der Waals surface area contributed by atoms with Gasteiger partial charge in [-0.1, -0.05) is 13.8 Å². The van der Waals surface area contributed by atoms with Crippen LogP contribution in [0, 0.1) is 24.5 Å². The normalized spacial score (nSPS) is 24.1. The Morgan fingerprint density at radius 1 is 1.26 bits per heavy atom. The van der Waals surface area contributed by atoms with E-state index in [1.165, 1.54) is 12.1 Å². The van der Waals surface area contributed by atoms with Gasteiger partial charge in [0.2, 0.25) is 0 Å². The molecule has 106 valence electrons. The van der Waals surface area contributed by atoms with Gasteiger partial charge in [0.1, 0.15) is 11.6 Å². The molecule has 4 heteroatoms. The molecular weight excluding hydrogens is 246 g/mol. The molecule has 0 radical (unpaired) electrons. The fraction of sp³-hybridized carbons (Fsp3) is 0.600. The van der Waals surface area contributed by atoms with Crippen molar-refractivity contribution in [3.05, 3.63) is 29.3 Å². The molecule has 1 aliphatic rings. The quantitative estimate of drug-likeness (QED) is 0.886. The van der Waals surface area contributed by atoms with Crippen molar-refractivity contribution in [2.24, 2.45) is 5.92 Å². The van der Waals surface area contributed by atoms with Gasteiger partial charge in [-0.3, -0.25) is 0 Å². The number of piperazine rings is 1. The molecule has 2 unspecified atom stereocenters. The second kappa shape index (κ2) is 5.45. The van der Waals surface area contributed by atoms with Crippen LogP contribution in [0.4, 0.5) is 14.5 Å². The lowest BCUT2D eigenvalue weighted by Gasteiger charge is -2.42. The highest BCUT2D eigenvalue weighted by Crippen LogP contribution is 2.27. The summed E-state index contributed by atoms with van der Waals surface area (Å²) in [4.78, 5) is 1.97. The predicted molar refractivity (Wildman–Crippen MR) is 74.5 cm³/mol. The summed E-state index contributed by atoms with van der Waals surface area (Å²) in [5.74, 6) is -0.216. The minimum atomic E-state index is -0.344. The molecule has 2 nitrogen and oxygen atoms in total. The minimum absolute atomic E-state index is 0.159. The lowest BCUT2D eigenvalue weighted by atomic mass is 9.99. The van der Waals surface area contributed by atoms with Gasteiger partial charge >= 0.3 is 0 Å².